The van der Waals surface area contributed by atoms with Crippen molar-refractivity contribution in [3.63, 3.8) is 0 Å². The number of rotatable bonds is 4. The van der Waals surface area contributed by atoms with Crippen molar-refractivity contribution in [3.8, 4) is 0 Å². The maximum atomic E-state index is 10.1. The molecule has 0 spiro atoms. The molecule has 1 N–H and O–H groups in total. The molecule has 2 nitrogen and oxygen atoms in total. The van der Waals surface area contributed by atoms with Crippen molar-refractivity contribution in [2.75, 3.05) is 6.54 Å². The third-order valence-corrected chi connectivity index (χ3v) is 1.02. The Bertz CT molecular complexity index is 132. The van der Waals surface area contributed by atoms with Crippen LogP contribution in [0.15, 0.2) is 12.2 Å². The lowest BCUT2D eigenvalue weighted by Crippen LogP contribution is -2.22. The molecule has 0 amide bonds. The van der Waals surface area contributed by atoms with Crippen molar-refractivity contribution >= 4 is 16.8 Å². The van der Waals surface area contributed by atoms with E-state index in [9.17, 15) is 4.79 Å². The Labute approximate surface area is 66.3 Å². The van der Waals surface area contributed by atoms with E-state index in [4.69, 9.17) is 11.6 Å². The Hall–Kier alpha value is -0.340. The first kappa shape index (κ1) is 9.66. The molecule has 0 saturated carbocycles. The highest BCUT2D eigenvalue weighted by molar-refractivity contribution is 6.66. The first-order chi connectivity index (χ1) is 4.63. The van der Waals surface area contributed by atoms with E-state index in [1.807, 2.05) is 13.8 Å². The highest BCUT2D eigenvalue weighted by Gasteiger charge is 1.87. The standard InChI is InChI=1S/C7H12ClNO/c1-6(2)9-5-3-4-7(8)10/h3-4,6,9H,5H2,1-2H3/b4-3+. The summed E-state index contributed by atoms with van der Waals surface area (Å²) in [5, 5.41) is 2.68. The second-order valence-corrected chi connectivity index (χ2v) is 2.64. The molecule has 3 heteroatoms. The zero-order valence-electron chi connectivity index (χ0n) is 6.23. The first-order valence-electron chi connectivity index (χ1n) is 3.22. The Morgan fingerprint density at radius 2 is 2.30 bits per heavy atom. The van der Waals surface area contributed by atoms with E-state index in [-0.39, 0.29) is 0 Å². The van der Waals surface area contributed by atoms with Gasteiger partial charge in [-0.05, 0) is 17.7 Å². The minimum absolute atomic E-state index is 0.425. The van der Waals surface area contributed by atoms with Crippen LogP contribution in [-0.4, -0.2) is 17.8 Å². The van der Waals surface area contributed by atoms with Gasteiger partial charge < -0.3 is 5.32 Å². The van der Waals surface area contributed by atoms with Crippen LogP contribution in [-0.2, 0) is 4.79 Å². The SMILES string of the molecule is CC(C)NC/C=C/C(=O)Cl. The lowest BCUT2D eigenvalue weighted by atomic mass is 10.4. The molecule has 0 aliphatic rings. The van der Waals surface area contributed by atoms with Gasteiger partial charge in [0.2, 0.25) is 5.24 Å². The fourth-order valence-electron chi connectivity index (χ4n) is 0.455. The fraction of sp³-hybridized carbons (Fsp3) is 0.571. The fourth-order valence-corrected chi connectivity index (χ4v) is 0.544. The number of carbonyl (C=O) groups excluding carboxylic acids is 1. The molecule has 0 aromatic rings. The quantitative estimate of drug-likeness (QED) is 0.498. The summed E-state index contributed by atoms with van der Waals surface area (Å²) < 4.78 is 0. The normalized spacial score (nSPS) is 11.2. The summed E-state index contributed by atoms with van der Waals surface area (Å²) in [5.41, 5.74) is 0. The highest BCUT2D eigenvalue weighted by Crippen LogP contribution is 1.82. The molecule has 0 fully saturated rings. The lowest BCUT2D eigenvalue weighted by molar-refractivity contribution is -0.107. The van der Waals surface area contributed by atoms with Gasteiger partial charge in [0, 0.05) is 12.6 Å². The summed E-state index contributed by atoms with van der Waals surface area (Å²) in [7, 11) is 0. The molecule has 0 aromatic carbocycles. The smallest absolute Gasteiger partial charge is 0.244 e. The van der Waals surface area contributed by atoms with Gasteiger partial charge >= 0.3 is 0 Å². The molecule has 0 aromatic heterocycles. The van der Waals surface area contributed by atoms with E-state index >= 15 is 0 Å². The molecule has 0 rings (SSSR count). The van der Waals surface area contributed by atoms with E-state index in [1.54, 1.807) is 6.08 Å². The van der Waals surface area contributed by atoms with Gasteiger partial charge in [-0.25, -0.2) is 0 Å². The van der Waals surface area contributed by atoms with Crippen LogP contribution in [0.4, 0.5) is 0 Å². The number of hydrogen-bond donors (Lipinski definition) is 1. The summed E-state index contributed by atoms with van der Waals surface area (Å²) >= 11 is 5.04. The monoisotopic (exact) mass is 161 g/mol. The molecule has 0 aliphatic heterocycles. The predicted octanol–water partition coefficient (Wildman–Crippen LogP) is 1.31. The predicted molar refractivity (Wildman–Crippen MR) is 43.1 cm³/mol. The van der Waals surface area contributed by atoms with Crippen molar-refractivity contribution in [1.82, 2.24) is 5.32 Å². The van der Waals surface area contributed by atoms with Crippen molar-refractivity contribution in [1.29, 1.82) is 0 Å². The van der Waals surface area contributed by atoms with Crippen LogP contribution in [0, 0.1) is 0 Å². The third-order valence-electron chi connectivity index (χ3n) is 0.893. The van der Waals surface area contributed by atoms with Crippen LogP contribution < -0.4 is 5.32 Å². The molecule has 58 valence electrons. The van der Waals surface area contributed by atoms with Crippen LogP contribution >= 0.6 is 11.6 Å². The Kier molecular flexibility index (Phi) is 5.26. The van der Waals surface area contributed by atoms with Gasteiger partial charge in [-0.1, -0.05) is 19.9 Å². The highest BCUT2D eigenvalue weighted by atomic mass is 35.5. The molecule has 0 atom stereocenters. The summed E-state index contributed by atoms with van der Waals surface area (Å²) in [5.74, 6) is 0. The lowest BCUT2D eigenvalue weighted by Gasteiger charge is -2.02. The van der Waals surface area contributed by atoms with Crippen molar-refractivity contribution in [2.45, 2.75) is 19.9 Å². The average molecular weight is 162 g/mol. The molecule has 0 aliphatic carbocycles. The molecule has 0 bridgehead atoms. The van der Waals surface area contributed by atoms with Crippen LogP contribution in [0.25, 0.3) is 0 Å². The molecule has 0 unspecified atom stereocenters. The number of nitrogens with one attached hydrogen (secondary N) is 1. The zero-order chi connectivity index (χ0) is 7.98. The molecule has 10 heavy (non-hydrogen) atoms. The summed E-state index contributed by atoms with van der Waals surface area (Å²) in [6.45, 7) is 4.77. The second kappa shape index (κ2) is 5.45. The average Bonchev–Trinajstić information content (AvgIpc) is 1.79. The van der Waals surface area contributed by atoms with E-state index in [0.29, 0.717) is 12.6 Å². The molecule has 0 radical (unpaired) electrons. The Morgan fingerprint density at radius 3 is 2.70 bits per heavy atom. The van der Waals surface area contributed by atoms with Gasteiger partial charge in [-0.15, -0.1) is 0 Å². The van der Waals surface area contributed by atoms with Crippen LogP contribution in [0.2, 0.25) is 0 Å². The topological polar surface area (TPSA) is 29.1 Å². The maximum Gasteiger partial charge on any atom is 0.244 e. The molecular formula is C7H12ClNO. The van der Waals surface area contributed by atoms with Gasteiger partial charge in [0.15, 0.2) is 0 Å². The van der Waals surface area contributed by atoms with E-state index in [2.05, 4.69) is 5.32 Å². The first-order valence-corrected chi connectivity index (χ1v) is 3.60. The van der Waals surface area contributed by atoms with Gasteiger partial charge in [-0.3, -0.25) is 4.79 Å². The van der Waals surface area contributed by atoms with E-state index in [0.717, 1.165) is 0 Å². The molecule has 0 saturated heterocycles. The van der Waals surface area contributed by atoms with Crippen molar-refractivity contribution in [2.24, 2.45) is 0 Å². The van der Waals surface area contributed by atoms with E-state index in [1.165, 1.54) is 6.08 Å². The summed E-state index contributed by atoms with van der Waals surface area (Å²) in [4.78, 5) is 10.1. The van der Waals surface area contributed by atoms with Gasteiger partial charge in [0.05, 0.1) is 0 Å². The number of hydrogen-bond acceptors (Lipinski definition) is 2. The largest absolute Gasteiger partial charge is 0.311 e. The van der Waals surface area contributed by atoms with E-state index < -0.39 is 5.24 Å². The Balaban J connectivity index is 3.27. The van der Waals surface area contributed by atoms with Gasteiger partial charge in [0.1, 0.15) is 0 Å². The number of carbonyl (C=O) groups is 1. The van der Waals surface area contributed by atoms with Crippen LogP contribution in [0.5, 0.6) is 0 Å². The summed E-state index contributed by atoms with van der Waals surface area (Å²) in [6.07, 6.45) is 3.05. The maximum absolute atomic E-state index is 10.1. The number of halogens is 1. The van der Waals surface area contributed by atoms with Gasteiger partial charge in [-0.2, -0.15) is 0 Å². The summed E-state index contributed by atoms with van der Waals surface area (Å²) in [6, 6.07) is 0.440. The zero-order valence-corrected chi connectivity index (χ0v) is 6.98. The van der Waals surface area contributed by atoms with Gasteiger partial charge in [0.25, 0.3) is 0 Å². The molecular weight excluding hydrogens is 150 g/mol. The molecule has 0 heterocycles. The number of allylic oxidation sites excluding steroid dienone is 1. The minimum Gasteiger partial charge on any atom is -0.311 e. The van der Waals surface area contributed by atoms with Crippen molar-refractivity contribution in [3.05, 3.63) is 12.2 Å². The minimum atomic E-state index is -0.425. The Morgan fingerprint density at radius 1 is 1.70 bits per heavy atom. The van der Waals surface area contributed by atoms with Crippen LogP contribution in [0.3, 0.4) is 0 Å². The van der Waals surface area contributed by atoms with Crippen molar-refractivity contribution < 1.29 is 4.79 Å². The second-order valence-electron chi connectivity index (χ2n) is 2.27. The third kappa shape index (κ3) is 7.66. The van der Waals surface area contributed by atoms with Crippen LogP contribution in [0.1, 0.15) is 13.8 Å².